The molecule has 9 nitrogen and oxygen atoms in total. The number of benzene rings is 3. The highest BCUT2D eigenvalue weighted by Gasteiger charge is 2.36. The molecule has 38 heavy (non-hydrogen) atoms. The predicted molar refractivity (Wildman–Crippen MR) is 140 cm³/mol. The number of sulfonamides is 1. The molecule has 4 rings (SSSR count). The van der Waals surface area contributed by atoms with Gasteiger partial charge in [0.15, 0.2) is 11.6 Å². The highest BCUT2D eigenvalue weighted by atomic mass is 32.2. The Bertz CT molecular complexity index is 1450. The summed E-state index contributed by atoms with van der Waals surface area (Å²) in [7, 11) is -1.41. The first-order chi connectivity index (χ1) is 17.9. The number of carbonyl (C=O) groups is 1. The first kappa shape index (κ1) is 27.2. The third-order valence-corrected chi connectivity index (χ3v) is 7.83. The average molecular weight is 545 g/mol. The summed E-state index contributed by atoms with van der Waals surface area (Å²) in [6.07, 6.45) is -0.770. The van der Waals surface area contributed by atoms with Crippen LogP contribution < -0.4 is 23.8 Å². The molecule has 1 atom stereocenters. The largest absolute Gasteiger partial charge is 0.497 e. The van der Waals surface area contributed by atoms with Crippen molar-refractivity contribution in [1.29, 1.82) is 0 Å². The van der Waals surface area contributed by atoms with Gasteiger partial charge < -0.3 is 24.6 Å². The summed E-state index contributed by atoms with van der Waals surface area (Å²) >= 11 is 0. The van der Waals surface area contributed by atoms with Crippen LogP contribution in [0.1, 0.15) is 13.8 Å². The van der Waals surface area contributed by atoms with Gasteiger partial charge in [-0.15, -0.1) is 0 Å². The number of hydrogen-bond acceptors (Lipinski definition) is 7. The van der Waals surface area contributed by atoms with Crippen LogP contribution in [-0.2, 0) is 14.8 Å². The predicted octanol–water partition coefficient (Wildman–Crippen LogP) is 3.35. The molecular weight excluding hydrogens is 515 g/mol. The Morgan fingerprint density at radius 1 is 1.11 bits per heavy atom. The lowest BCUT2D eigenvalue weighted by Crippen LogP contribution is -2.51. The summed E-state index contributed by atoms with van der Waals surface area (Å²) in [4.78, 5) is 12.0. The van der Waals surface area contributed by atoms with E-state index in [2.05, 4.69) is 5.32 Å². The van der Waals surface area contributed by atoms with Crippen LogP contribution in [0.2, 0.25) is 0 Å². The first-order valence-corrected chi connectivity index (χ1v) is 13.2. The average Bonchev–Trinajstić information content (AvgIpc) is 2.90. The van der Waals surface area contributed by atoms with Gasteiger partial charge in [0.1, 0.15) is 23.2 Å². The van der Waals surface area contributed by atoms with Gasteiger partial charge in [-0.05, 0) is 61.4 Å². The zero-order chi connectivity index (χ0) is 27.7. The molecule has 0 bridgehead atoms. The van der Waals surface area contributed by atoms with Crippen molar-refractivity contribution in [2.75, 3.05) is 31.6 Å². The molecule has 1 aliphatic heterocycles. The van der Waals surface area contributed by atoms with Gasteiger partial charge in [-0.1, -0.05) is 18.2 Å². The maximum absolute atomic E-state index is 14.1. The van der Waals surface area contributed by atoms with E-state index in [4.69, 9.17) is 14.2 Å². The number of carbonyl (C=O) groups excluding carboxylic acids is 1. The Labute approximate surface area is 220 Å². The smallest absolute Gasteiger partial charge is 0.264 e. The molecule has 0 aliphatic carbocycles. The molecule has 1 heterocycles. The van der Waals surface area contributed by atoms with Crippen LogP contribution in [0, 0.1) is 5.82 Å². The fraction of sp³-hybridized carbons (Fsp3) is 0.296. The summed E-state index contributed by atoms with van der Waals surface area (Å²) in [5.74, 6) is -0.608. The SMILES string of the molecule is COc1cccc(-c2ccc3c(c2)N(S(=O)(=O)c2ccc(F)c(OC)c2)C[C@H](CNC(=O)C(C)(C)O)O3)c1. The van der Waals surface area contributed by atoms with Crippen molar-refractivity contribution in [3.05, 3.63) is 66.5 Å². The van der Waals surface area contributed by atoms with Crippen LogP contribution in [0.25, 0.3) is 11.1 Å². The second-order valence-corrected chi connectivity index (χ2v) is 11.1. The molecule has 0 aromatic heterocycles. The summed E-state index contributed by atoms with van der Waals surface area (Å²) in [6, 6.07) is 15.8. The van der Waals surface area contributed by atoms with Crippen LogP contribution in [0.4, 0.5) is 10.1 Å². The van der Waals surface area contributed by atoms with Crippen molar-refractivity contribution in [2.24, 2.45) is 0 Å². The van der Waals surface area contributed by atoms with Crippen LogP contribution in [0.3, 0.4) is 0 Å². The number of rotatable bonds is 8. The van der Waals surface area contributed by atoms with E-state index in [1.807, 2.05) is 18.2 Å². The number of anilines is 1. The second kappa shape index (κ2) is 10.5. The summed E-state index contributed by atoms with van der Waals surface area (Å²) in [5, 5.41) is 12.5. The Morgan fingerprint density at radius 3 is 2.53 bits per heavy atom. The van der Waals surface area contributed by atoms with E-state index >= 15 is 0 Å². The van der Waals surface area contributed by atoms with E-state index < -0.39 is 33.5 Å². The molecule has 0 unspecified atom stereocenters. The van der Waals surface area contributed by atoms with Crippen molar-refractivity contribution in [3.63, 3.8) is 0 Å². The maximum Gasteiger partial charge on any atom is 0.264 e. The van der Waals surface area contributed by atoms with E-state index in [1.54, 1.807) is 31.4 Å². The number of fused-ring (bicyclic) bond motifs is 1. The van der Waals surface area contributed by atoms with Crippen molar-refractivity contribution in [1.82, 2.24) is 5.32 Å². The molecule has 202 valence electrons. The molecule has 0 saturated carbocycles. The van der Waals surface area contributed by atoms with E-state index in [0.29, 0.717) is 5.75 Å². The minimum atomic E-state index is -4.22. The fourth-order valence-corrected chi connectivity index (χ4v) is 5.49. The van der Waals surface area contributed by atoms with Crippen molar-refractivity contribution in [3.8, 4) is 28.4 Å². The van der Waals surface area contributed by atoms with E-state index in [9.17, 15) is 22.7 Å². The van der Waals surface area contributed by atoms with Gasteiger partial charge in [0.05, 0.1) is 37.9 Å². The summed E-state index contributed by atoms with van der Waals surface area (Å²) in [5.41, 5.74) is 0.178. The number of halogens is 1. The van der Waals surface area contributed by atoms with Crippen LogP contribution >= 0.6 is 0 Å². The topological polar surface area (TPSA) is 114 Å². The Balaban J connectivity index is 1.77. The number of nitrogens with zero attached hydrogens (tertiary/aromatic N) is 1. The Kier molecular flexibility index (Phi) is 7.52. The minimum absolute atomic E-state index is 0.0569. The van der Waals surface area contributed by atoms with Crippen LogP contribution in [-0.4, -0.2) is 58.4 Å². The standard InChI is InChI=1S/C27H29FN2O7S/c1-27(2,32)26(31)29-15-20-16-30(38(33,34)21-9-10-22(28)25(14-21)36-4)23-13-18(8-11-24(23)37-20)17-6-5-7-19(12-17)35-3/h5-14,20,32H,15-16H2,1-4H3,(H,29,31)/t20-/m0/s1. The van der Waals surface area contributed by atoms with Gasteiger partial charge in [-0.25, -0.2) is 12.8 Å². The second-order valence-electron chi connectivity index (χ2n) is 9.26. The molecule has 3 aromatic carbocycles. The van der Waals surface area contributed by atoms with Crippen molar-refractivity contribution >= 4 is 21.6 Å². The Hall–Kier alpha value is -3.83. The highest BCUT2D eigenvalue weighted by molar-refractivity contribution is 7.92. The number of amides is 1. The van der Waals surface area contributed by atoms with Crippen molar-refractivity contribution in [2.45, 2.75) is 30.4 Å². The van der Waals surface area contributed by atoms with Gasteiger partial charge in [-0.2, -0.15) is 0 Å². The third-order valence-electron chi connectivity index (χ3n) is 6.05. The first-order valence-electron chi connectivity index (χ1n) is 11.8. The number of ether oxygens (including phenoxy) is 3. The number of hydrogen-bond donors (Lipinski definition) is 2. The van der Waals surface area contributed by atoms with Gasteiger partial charge in [0.2, 0.25) is 0 Å². The quantitative estimate of drug-likeness (QED) is 0.447. The Morgan fingerprint density at radius 2 is 1.84 bits per heavy atom. The maximum atomic E-state index is 14.1. The van der Waals surface area contributed by atoms with Gasteiger partial charge >= 0.3 is 0 Å². The van der Waals surface area contributed by atoms with E-state index in [1.165, 1.54) is 31.3 Å². The molecule has 0 spiro atoms. The number of nitrogens with one attached hydrogen (secondary N) is 1. The summed E-state index contributed by atoms with van der Waals surface area (Å²) < 4.78 is 59.3. The molecule has 0 saturated heterocycles. The zero-order valence-electron chi connectivity index (χ0n) is 21.4. The molecule has 1 amide bonds. The number of methoxy groups -OCH3 is 2. The van der Waals surface area contributed by atoms with E-state index in [-0.39, 0.29) is 35.2 Å². The lowest BCUT2D eigenvalue weighted by atomic mass is 10.0. The van der Waals surface area contributed by atoms with Crippen LogP contribution in [0.5, 0.6) is 17.2 Å². The molecule has 0 radical (unpaired) electrons. The van der Waals surface area contributed by atoms with Crippen molar-refractivity contribution < 1.29 is 36.9 Å². The molecule has 3 aromatic rings. The molecule has 1 aliphatic rings. The van der Waals surface area contributed by atoms with Gasteiger partial charge in [-0.3, -0.25) is 9.10 Å². The molecular formula is C27H29FN2O7S. The van der Waals surface area contributed by atoms with Gasteiger partial charge in [0.25, 0.3) is 15.9 Å². The monoisotopic (exact) mass is 544 g/mol. The lowest BCUT2D eigenvalue weighted by Gasteiger charge is -2.36. The van der Waals surface area contributed by atoms with Crippen LogP contribution in [0.15, 0.2) is 65.6 Å². The van der Waals surface area contributed by atoms with E-state index in [0.717, 1.165) is 23.3 Å². The third kappa shape index (κ3) is 5.53. The fourth-order valence-electron chi connectivity index (χ4n) is 3.98. The summed E-state index contributed by atoms with van der Waals surface area (Å²) in [6.45, 7) is 2.48. The minimum Gasteiger partial charge on any atom is -0.497 e. The molecule has 2 N–H and O–H groups in total. The number of aliphatic hydroxyl groups is 1. The lowest BCUT2D eigenvalue weighted by molar-refractivity contribution is -0.136. The normalized spacial score (nSPS) is 15.3. The molecule has 11 heteroatoms. The highest BCUT2D eigenvalue weighted by Crippen LogP contribution is 2.40. The molecule has 0 fully saturated rings. The van der Waals surface area contributed by atoms with Gasteiger partial charge in [0, 0.05) is 6.07 Å². The zero-order valence-corrected chi connectivity index (χ0v) is 22.2.